The predicted molar refractivity (Wildman–Crippen MR) is 78.2 cm³/mol. The summed E-state index contributed by atoms with van der Waals surface area (Å²) in [4.78, 5) is 0. The molecule has 19 heavy (non-hydrogen) atoms. The Morgan fingerprint density at radius 2 is 2.00 bits per heavy atom. The van der Waals surface area contributed by atoms with Crippen LogP contribution in [-0.2, 0) is 5.41 Å². The highest BCUT2D eigenvalue weighted by molar-refractivity contribution is 5.45. The second kappa shape index (κ2) is 5.83. The number of nitrogens with one attached hydrogen (secondary N) is 1. The van der Waals surface area contributed by atoms with E-state index < -0.39 is 0 Å². The Morgan fingerprint density at radius 3 is 2.58 bits per heavy atom. The Balaban J connectivity index is 2.36. The number of methoxy groups -OCH3 is 2. The molecule has 0 spiro atoms. The van der Waals surface area contributed by atoms with Gasteiger partial charge in [0.1, 0.15) is 11.5 Å². The molecular weight excluding hydrogens is 238 g/mol. The number of benzene rings is 1. The summed E-state index contributed by atoms with van der Waals surface area (Å²) in [6, 6.07) is 6.08. The standard InChI is InChI=1S/C16H25NO2/c1-16(2,12-6-5-9-17-11-12)14-10-13(18-3)7-8-15(14)19-4/h7-8,10,12,17H,5-6,9,11H2,1-4H3. The minimum atomic E-state index is 0.0767. The van der Waals surface area contributed by atoms with Crippen molar-refractivity contribution in [2.45, 2.75) is 32.1 Å². The zero-order chi connectivity index (χ0) is 13.9. The maximum absolute atomic E-state index is 5.55. The lowest BCUT2D eigenvalue weighted by Gasteiger charge is -2.38. The molecule has 1 saturated heterocycles. The second-order valence-corrected chi connectivity index (χ2v) is 5.83. The van der Waals surface area contributed by atoms with Gasteiger partial charge in [0.05, 0.1) is 14.2 Å². The van der Waals surface area contributed by atoms with Gasteiger partial charge in [0.25, 0.3) is 0 Å². The van der Waals surface area contributed by atoms with Crippen LogP contribution in [0.1, 0.15) is 32.3 Å². The van der Waals surface area contributed by atoms with Gasteiger partial charge in [-0.15, -0.1) is 0 Å². The van der Waals surface area contributed by atoms with Crippen molar-refractivity contribution in [1.29, 1.82) is 0 Å². The Hall–Kier alpha value is -1.22. The minimum absolute atomic E-state index is 0.0767. The molecular formula is C16H25NO2. The zero-order valence-electron chi connectivity index (χ0n) is 12.5. The van der Waals surface area contributed by atoms with E-state index >= 15 is 0 Å². The monoisotopic (exact) mass is 263 g/mol. The van der Waals surface area contributed by atoms with Gasteiger partial charge in [0.2, 0.25) is 0 Å². The van der Waals surface area contributed by atoms with Gasteiger partial charge in [-0.05, 0) is 55.5 Å². The van der Waals surface area contributed by atoms with E-state index in [4.69, 9.17) is 9.47 Å². The molecule has 1 unspecified atom stereocenters. The molecule has 0 aromatic heterocycles. The number of hydrogen-bond acceptors (Lipinski definition) is 3. The summed E-state index contributed by atoms with van der Waals surface area (Å²) in [6.45, 7) is 6.83. The summed E-state index contributed by atoms with van der Waals surface area (Å²) in [6.07, 6.45) is 2.51. The molecule has 106 valence electrons. The van der Waals surface area contributed by atoms with Crippen LogP contribution < -0.4 is 14.8 Å². The summed E-state index contributed by atoms with van der Waals surface area (Å²) >= 11 is 0. The first kappa shape index (κ1) is 14.2. The first-order valence-corrected chi connectivity index (χ1v) is 7.03. The summed E-state index contributed by atoms with van der Waals surface area (Å²) in [5, 5.41) is 3.50. The second-order valence-electron chi connectivity index (χ2n) is 5.83. The fraction of sp³-hybridized carbons (Fsp3) is 0.625. The normalized spacial score (nSPS) is 20.1. The van der Waals surface area contributed by atoms with Crippen LogP contribution in [0.4, 0.5) is 0 Å². The van der Waals surface area contributed by atoms with Crippen molar-refractivity contribution in [1.82, 2.24) is 5.32 Å². The lowest BCUT2D eigenvalue weighted by atomic mass is 9.70. The summed E-state index contributed by atoms with van der Waals surface area (Å²) in [7, 11) is 3.45. The zero-order valence-corrected chi connectivity index (χ0v) is 12.5. The van der Waals surface area contributed by atoms with Gasteiger partial charge in [-0.3, -0.25) is 0 Å². The van der Waals surface area contributed by atoms with Crippen LogP contribution in [0.3, 0.4) is 0 Å². The molecule has 3 heteroatoms. The molecule has 1 fully saturated rings. The SMILES string of the molecule is COc1ccc(OC)c(C(C)(C)C2CCCNC2)c1. The Bertz CT molecular complexity index is 423. The van der Waals surface area contributed by atoms with Gasteiger partial charge in [0, 0.05) is 5.56 Å². The Labute approximate surface area is 116 Å². The van der Waals surface area contributed by atoms with Crippen LogP contribution >= 0.6 is 0 Å². The molecule has 0 amide bonds. The van der Waals surface area contributed by atoms with E-state index in [2.05, 4.69) is 25.2 Å². The maximum Gasteiger partial charge on any atom is 0.122 e. The molecule has 1 atom stereocenters. The van der Waals surface area contributed by atoms with Gasteiger partial charge in [-0.2, -0.15) is 0 Å². The molecule has 0 radical (unpaired) electrons. The first-order valence-electron chi connectivity index (χ1n) is 7.03. The van der Waals surface area contributed by atoms with Crippen LogP contribution in [0.25, 0.3) is 0 Å². The van der Waals surface area contributed by atoms with E-state index in [1.165, 1.54) is 18.4 Å². The van der Waals surface area contributed by atoms with E-state index in [1.54, 1.807) is 14.2 Å². The lowest BCUT2D eigenvalue weighted by Crippen LogP contribution is -2.40. The maximum atomic E-state index is 5.55. The molecule has 1 aliphatic heterocycles. The summed E-state index contributed by atoms with van der Waals surface area (Å²) < 4.78 is 10.9. The van der Waals surface area contributed by atoms with Crippen molar-refractivity contribution in [3.05, 3.63) is 23.8 Å². The first-order chi connectivity index (χ1) is 9.09. The third-order valence-corrected chi connectivity index (χ3v) is 4.42. The third-order valence-electron chi connectivity index (χ3n) is 4.42. The van der Waals surface area contributed by atoms with Crippen molar-refractivity contribution >= 4 is 0 Å². The van der Waals surface area contributed by atoms with Crippen molar-refractivity contribution in [2.24, 2.45) is 5.92 Å². The molecule has 3 nitrogen and oxygen atoms in total. The fourth-order valence-electron chi connectivity index (χ4n) is 3.01. The average molecular weight is 263 g/mol. The van der Waals surface area contributed by atoms with E-state index in [9.17, 15) is 0 Å². The van der Waals surface area contributed by atoms with E-state index in [-0.39, 0.29) is 5.41 Å². The predicted octanol–water partition coefficient (Wildman–Crippen LogP) is 2.98. The van der Waals surface area contributed by atoms with Crippen LogP contribution in [0, 0.1) is 5.92 Å². The van der Waals surface area contributed by atoms with Crippen molar-refractivity contribution in [2.75, 3.05) is 27.3 Å². The molecule has 1 aromatic carbocycles. The number of piperidine rings is 1. The van der Waals surface area contributed by atoms with E-state index in [1.807, 2.05) is 12.1 Å². The molecule has 0 bridgehead atoms. The van der Waals surface area contributed by atoms with Crippen LogP contribution in [-0.4, -0.2) is 27.3 Å². The van der Waals surface area contributed by atoms with Crippen molar-refractivity contribution in [3.63, 3.8) is 0 Å². The highest BCUT2D eigenvalue weighted by Crippen LogP contribution is 2.41. The Morgan fingerprint density at radius 1 is 1.21 bits per heavy atom. The topological polar surface area (TPSA) is 30.5 Å². The third kappa shape index (κ3) is 2.86. The van der Waals surface area contributed by atoms with E-state index in [0.717, 1.165) is 24.6 Å². The minimum Gasteiger partial charge on any atom is -0.497 e. The highest BCUT2D eigenvalue weighted by Gasteiger charge is 2.34. The number of rotatable bonds is 4. The quantitative estimate of drug-likeness (QED) is 0.906. The fourth-order valence-corrected chi connectivity index (χ4v) is 3.01. The van der Waals surface area contributed by atoms with Crippen LogP contribution in [0.15, 0.2) is 18.2 Å². The van der Waals surface area contributed by atoms with Gasteiger partial charge in [-0.1, -0.05) is 13.8 Å². The lowest BCUT2D eigenvalue weighted by molar-refractivity contribution is 0.244. The smallest absolute Gasteiger partial charge is 0.122 e. The van der Waals surface area contributed by atoms with Gasteiger partial charge in [-0.25, -0.2) is 0 Å². The number of ether oxygens (including phenoxy) is 2. The Kier molecular flexibility index (Phi) is 4.35. The molecule has 1 aromatic rings. The summed E-state index contributed by atoms with van der Waals surface area (Å²) in [5.41, 5.74) is 1.32. The van der Waals surface area contributed by atoms with Gasteiger partial charge in [0.15, 0.2) is 0 Å². The van der Waals surface area contributed by atoms with Crippen molar-refractivity contribution in [3.8, 4) is 11.5 Å². The van der Waals surface area contributed by atoms with E-state index in [0.29, 0.717) is 5.92 Å². The molecule has 0 aliphatic carbocycles. The largest absolute Gasteiger partial charge is 0.497 e. The highest BCUT2D eigenvalue weighted by atomic mass is 16.5. The molecule has 1 aliphatic rings. The van der Waals surface area contributed by atoms with Crippen LogP contribution in [0.2, 0.25) is 0 Å². The number of hydrogen-bond donors (Lipinski definition) is 1. The molecule has 2 rings (SSSR count). The molecule has 1 heterocycles. The average Bonchev–Trinajstić information content (AvgIpc) is 2.47. The van der Waals surface area contributed by atoms with Gasteiger partial charge < -0.3 is 14.8 Å². The van der Waals surface area contributed by atoms with Crippen LogP contribution in [0.5, 0.6) is 11.5 Å². The molecule has 0 saturated carbocycles. The summed E-state index contributed by atoms with van der Waals surface area (Å²) in [5.74, 6) is 2.48. The van der Waals surface area contributed by atoms with Gasteiger partial charge >= 0.3 is 0 Å². The van der Waals surface area contributed by atoms with Crippen molar-refractivity contribution < 1.29 is 9.47 Å². The molecule has 1 N–H and O–H groups in total.